The smallest absolute Gasteiger partial charge is 0.0724 e. The summed E-state index contributed by atoms with van der Waals surface area (Å²) in [4.78, 5) is 0. The zero-order valence-electron chi connectivity index (χ0n) is 20.0. The van der Waals surface area contributed by atoms with Gasteiger partial charge in [0, 0.05) is 20.3 Å². The van der Waals surface area contributed by atoms with Crippen LogP contribution >= 0.6 is 31.9 Å². The van der Waals surface area contributed by atoms with Crippen LogP contribution in [0.5, 0.6) is 0 Å². The lowest BCUT2D eigenvalue weighted by Crippen LogP contribution is -1.97. The van der Waals surface area contributed by atoms with Crippen LogP contribution < -0.4 is 0 Å². The third-order valence-electron chi connectivity index (χ3n) is 6.64. The van der Waals surface area contributed by atoms with Crippen molar-refractivity contribution >= 4 is 42.9 Å². The standard InChI is InChI=1S/C32H24Br2N2/c1-21-3-7-23(8-4-21)29-19-31-32(35(29)27-15-11-25(33)12-16-27)20-30(24-9-5-22(2)6-10-24)36(31)28-17-13-26(34)14-18-28/h3-20H,1-2H3. The van der Waals surface area contributed by atoms with Gasteiger partial charge in [0.15, 0.2) is 0 Å². The fourth-order valence-electron chi connectivity index (χ4n) is 4.76. The molecule has 4 heteroatoms. The number of fused-ring (bicyclic) bond motifs is 1. The van der Waals surface area contributed by atoms with Crippen molar-refractivity contribution in [1.29, 1.82) is 0 Å². The van der Waals surface area contributed by atoms with Crippen molar-refractivity contribution in [1.82, 2.24) is 9.13 Å². The minimum absolute atomic E-state index is 1.07. The Bertz CT molecular complexity index is 1540. The first kappa shape index (κ1) is 23.1. The summed E-state index contributed by atoms with van der Waals surface area (Å²) in [5.74, 6) is 0. The summed E-state index contributed by atoms with van der Waals surface area (Å²) >= 11 is 7.20. The number of hydrogen-bond acceptors (Lipinski definition) is 0. The molecule has 6 rings (SSSR count). The minimum Gasteiger partial charge on any atom is -0.308 e. The van der Waals surface area contributed by atoms with Gasteiger partial charge < -0.3 is 9.13 Å². The Morgan fingerprint density at radius 2 is 0.778 bits per heavy atom. The first-order chi connectivity index (χ1) is 17.5. The lowest BCUT2D eigenvalue weighted by molar-refractivity contribution is 1.13. The predicted octanol–water partition coefficient (Wildman–Crippen LogP) is 9.90. The molecule has 0 bridgehead atoms. The number of aryl methyl sites for hydroxylation is 2. The lowest BCUT2D eigenvalue weighted by Gasteiger charge is -2.12. The fraction of sp³-hybridized carbons (Fsp3) is 0.0625. The number of hydrogen-bond donors (Lipinski definition) is 0. The highest BCUT2D eigenvalue weighted by Crippen LogP contribution is 2.39. The Kier molecular flexibility index (Phi) is 5.94. The van der Waals surface area contributed by atoms with E-state index < -0.39 is 0 Å². The molecule has 0 saturated carbocycles. The summed E-state index contributed by atoms with van der Waals surface area (Å²) in [6.45, 7) is 4.26. The van der Waals surface area contributed by atoms with Crippen molar-refractivity contribution in [3.05, 3.63) is 129 Å². The van der Waals surface area contributed by atoms with E-state index in [-0.39, 0.29) is 0 Å². The average molecular weight is 596 g/mol. The number of halogens is 2. The number of rotatable bonds is 4. The molecule has 0 aliphatic heterocycles. The number of nitrogens with zero attached hydrogens (tertiary/aromatic N) is 2. The van der Waals surface area contributed by atoms with Gasteiger partial charge in [0.2, 0.25) is 0 Å². The average Bonchev–Trinajstić information content (AvgIpc) is 3.43. The van der Waals surface area contributed by atoms with Crippen molar-refractivity contribution in [2.45, 2.75) is 13.8 Å². The highest BCUT2D eigenvalue weighted by Gasteiger charge is 2.20. The maximum atomic E-state index is 3.60. The Morgan fingerprint density at radius 1 is 0.444 bits per heavy atom. The molecule has 0 spiro atoms. The zero-order valence-corrected chi connectivity index (χ0v) is 23.2. The predicted molar refractivity (Wildman–Crippen MR) is 158 cm³/mol. The van der Waals surface area contributed by atoms with Crippen molar-refractivity contribution in [3.8, 4) is 33.9 Å². The maximum absolute atomic E-state index is 3.60. The number of aromatic nitrogens is 2. The third-order valence-corrected chi connectivity index (χ3v) is 7.69. The van der Waals surface area contributed by atoms with E-state index in [2.05, 4.69) is 164 Å². The fourth-order valence-corrected chi connectivity index (χ4v) is 5.29. The molecule has 0 amide bonds. The van der Waals surface area contributed by atoms with Crippen LogP contribution in [0.3, 0.4) is 0 Å². The third kappa shape index (κ3) is 4.15. The van der Waals surface area contributed by atoms with Crippen LogP contribution in [-0.2, 0) is 0 Å². The van der Waals surface area contributed by atoms with Gasteiger partial charge in [-0.1, -0.05) is 91.5 Å². The summed E-state index contributed by atoms with van der Waals surface area (Å²) in [7, 11) is 0. The molecule has 0 aliphatic rings. The summed E-state index contributed by atoms with van der Waals surface area (Å²) in [5.41, 5.74) is 11.8. The van der Waals surface area contributed by atoms with Crippen LogP contribution in [0.1, 0.15) is 11.1 Å². The highest BCUT2D eigenvalue weighted by atomic mass is 79.9. The van der Waals surface area contributed by atoms with Crippen LogP contribution in [0.15, 0.2) is 118 Å². The van der Waals surface area contributed by atoms with Crippen LogP contribution in [0, 0.1) is 13.8 Å². The van der Waals surface area contributed by atoms with Crippen LogP contribution in [-0.4, -0.2) is 9.13 Å². The van der Waals surface area contributed by atoms with Gasteiger partial charge in [-0.2, -0.15) is 0 Å². The Morgan fingerprint density at radius 3 is 1.11 bits per heavy atom. The molecule has 0 saturated heterocycles. The molecule has 36 heavy (non-hydrogen) atoms. The molecule has 0 fully saturated rings. The second kappa shape index (κ2) is 9.27. The molecule has 0 N–H and O–H groups in total. The normalized spacial score (nSPS) is 11.3. The van der Waals surface area contributed by atoms with E-state index in [9.17, 15) is 0 Å². The second-order valence-electron chi connectivity index (χ2n) is 9.19. The summed E-state index contributed by atoms with van der Waals surface area (Å²) in [6, 6.07) is 39.3. The van der Waals surface area contributed by atoms with Crippen molar-refractivity contribution in [2.24, 2.45) is 0 Å². The lowest BCUT2D eigenvalue weighted by atomic mass is 10.1. The van der Waals surface area contributed by atoms with Crippen molar-refractivity contribution < 1.29 is 0 Å². The van der Waals surface area contributed by atoms with E-state index in [0.717, 1.165) is 20.3 Å². The minimum atomic E-state index is 1.07. The zero-order chi connectivity index (χ0) is 24.8. The van der Waals surface area contributed by atoms with Gasteiger partial charge in [-0.05, 0) is 85.6 Å². The quantitative estimate of drug-likeness (QED) is 0.192. The van der Waals surface area contributed by atoms with Gasteiger partial charge in [0.1, 0.15) is 0 Å². The van der Waals surface area contributed by atoms with Gasteiger partial charge in [0.25, 0.3) is 0 Å². The van der Waals surface area contributed by atoms with E-state index in [1.54, 1.807) is 0 Å². The largest absolute Gasteiger partial charge is 0.308 e. The number of benzene rings is 4. The van der Waals surface area contributed by atoms with Gasteiger partial charge >= 0.3 is 0 Å². The van der Waals surface area contributed by atoms with Crippen molar-refractivity contribution in [3.63, 3.8) is 0 Å². The maximum Gasteiger partial charge on any atom is 0.0724 e. The summed E-state index contributed by atoms with van der Waals surface area (Å²) in [6.07, 6.45) is 0. The Labute approximate surface area is 228 Å². The topological polar surface area (TPSA) is 9.86 Å². The molecule has 4 aromatic carbocycles. The Balaban J connectivity index is 1.70. The van der Waals surface area contributed by atoms with E-state index in [1.807, 2.05) is 0 Å². The molecule has 6 aromatic rings. The van der Waals surface area contributed by atoms with E-state index in [4.69, 9.17) is 0 Å². The molecule has 0 atom stereocenters. The molecule has 2 nitrogen and oxygen atoms in total. The molecule has 2 aromatic heterocycles. The van der Waals surface area contributed by atoms with E-state index in [0.29, 0.717) is 0 Å². The summed E-state index contributed by atoms with van der Waals surface area (Å²) in [5, 5.41) is 0. The SMILES string of the molecule is Cc1ccc(-c2cc3c(cc(-c4ccc(C)cc4)n3-c3ccc(Br)cc3)n2-c2ccc(Br)cc2)cc1. The first-order valence-electron chi connectivity index (χ1n) is 11.9. The molecule has 0 aliphatic carbocycles. The Hall–Kier alpha value is -3.34. The molecule has 2 heterocycles. The van der Waals surface area contributed by atoms with E-state index >= 15 is 0 Å². The molecule has 176 valence electrons. The summed E-state index contributed by atoms with van der Waals surface area (Å²) < 4.78 is 6.89. The van der Waals surface area contributed by atoms with Crippen LogP contribution in [0.2, 0.25) is 0 Å². The van der Waals surface area contributed by atoms with Gasteiger partial charge in [0.05, 0.1) is 22.4 Å². The van der Waals surface area contributed by atoms with Crippen molar-refractivity contribution in [2.75, 3.05) is 0 Å². The second-order valence-corrected chi connectivity index (χ2v) is 11.0. The highest BCUT2D eigenvalue weighted by molar-refractivity contribution is 9.10. The molecule has 0 unspecified atom stereocenters. The molecular formula is C32H24Br2N2. The van der Waals surface area contributed by atoms with E-state index in [1.165, 1.54) is 44.7 Å². The van der Waals surface area contributed by atoms with Crippen LogP contribution in [0.25, 0.3) is 44.9 Å². The monoisotopic (exact) mass is 594 g/mol. The first-order valence-corrected chi connectivity index (χ1v) is 13.5. The molecule has 0 radical (unpaired) electrons. The van der Waals surface area contributed by atoms with Crippen LogP contribution in [0.4, 0.5) is 0 Å². The molecular weight excluding hydrogens is 572 g/mol. The van der Waals surface area contributed by atoms with Gasteiger partial charge in [-0.25, -0.2) is 0 Å². The van der Waals surface area contributed by atoms with Gasteiger partial charge in [-0.3, -0.25) is 0 Å². The van der Waals surface area contributed by atoms with Gasteiger partial charge in [-0.15, -0.1) is 0 Å².